The molecule has 0 bridgehead atoms. The van der Waals surface area contributed by atoms with Crippen LogP contribution >= 0.6 is 34.8 Å². The number of nitrogens with zero attached hydrogens (tertiary/aromatic N) is 1. The van der Waals surface area contributed by atoms with Crippen LogP contribution in [0.3, 0.4) is 0 Å². The van der Waals surface area contributed by atoms with Crippen molar-refractivity contribution in [1.29, 1.82) is 0 Å². The van der Waals surface area contributed by atoms with Crippen LogP contribution in [0.15, 0.2) is 5.10 Å². The van der Waals surface area contributed by atoms with Crippen LogP contribution in [-0.4, -0.2) is 15.5 Å². The number of hydrogen-bond donors (Lipinski definition) is 2. The Bertz CT molecular complexity index is 186. The number of hydrazone groups is 1. The van der Waals surface area contributed by atoms with Gasteiger partial charge in [0.15, 0.2) is 0 Å². The predicted octanol–water partition coefficient (Wildman–Crippen LogP) is 1.40. The number of amides is 2. The third-order valence-electron chi connectivity index (χ3n) is 0.744. The Kier molecular flexibility index (Phi) is 3.92. The SMILES string of the molecule is C/C(=N\NC(N)=O)C(Cl)(Cl)Cl. The Labute approximate surface area is 78.7 Å². The molecular weight excluding hydrogens is 212 g/mol. The highest BCUT2D eigenvalue weighted by Crippen LogP contribution is 2.27. The zero-order valence-corrected chi connectivity index (χ0v) is 7.83. The maximum absolute atomic E-state index is 10.1. The van der Waals surface area contributed by atoms with Gasteiger partial charge in [0.2, 0.25) is 3.79 Å². The summed E-state index contributed by atoms with van der Waals surface area (Å²) >= 11 is 16.1. The Morgan fingerprint density at radius 2 is 2.00 bits per heavy atom. The van der Waals surface area contributed by atoms with Crippen molar-refractivity contribution in [2.24, 2.45) is 10.8 Å². The van der Waals surface area contributed by atoms with E-state index in [1.807, 2.05) is 5.43 Å². The molecule has 7 heteroatoms. The van der Waals surface area contributed by atoms with Crippen LogP contribution in [0.2, 0.25) is 0 Å². The van der Waals surface area contributed by atoms with Gasteiger partial charge in [0.1, 0.15) is 0 Å². The average Bonchev–Trinajstić information content (AvgIpc) is 1.80. The third-order valence-corrected chi connectivity index (χ3v) is 1.56. The van der Waals surface area contributed by atoms with Crippen LogP contribution in [0.25, 0.3) is 0 Å². The smallest absolute Gasteiger partial charge is 0.332 e. The lowest BCUT2D eigenvalue weighted by molar-refractivity contribution is 0.249. The fourth-order valence-corrected chi connectivity index (χ4v) is 0.329. The minimum atomic E-state index is -1.61. The van der Waals surface area contributed by atoms with Crippen LogP contribution in [0, 0.1) is 0 Å². The second kappa shape index (κ2) is 3.99. The number of alkyl halides is 3. The van der Waals surface area contributed by atoms with Gasteiger partial charge in [-0.3, -0.25) is 0 Å². The van der Waals surface area contributed by atoms with E-state index >= 15 is 0 Å². The number of nitrogens with two attached hydrogens (primary N) is 1. The van der Waals surface area contributed by atoms with Crippen LogP contribution < -0.4 is 11.2 Å². The number of nitrogens with one attached hydrogen (secondary N) is 1. The van der Waals surface area contributed by atoms with Crippen molar-refractivity contribution in [1.82, 2.24) is 5.43 Å². The van der Waals surface area contributed by atoms with Crippen molar-refractivity contribution in [2.75, 3.05) is 0 Å². The normalized spacial score (nSPS) is 12.9. The number of primary amides is 1. The fourth-order valence-electron chi connectivity index (χ4n) is 0.202. The Morgan fingerprint density at radius 3 is 2.27 bits per heavy atom. The standard InChI is InChI=1S/C4H6Cl3N3O/c1-2(4(5,6)7)9-10-3(8)11/h1H3,(H3,8,10,11)/b9-2+. The number of carbonyl (C=O) groups is 1. The molecule has 3 N–H and O–H groups in total. The molecule has 0 aromatic carbocycles. The summed E-state index contributed by atoms with van der Waals surface area (Å²) in [4.78, 5) is 10.1. The van der Waals surface area contributed by atoms with E-state index < -0.39 is 9.82 Å². The van der Waals surface area contributed by atoms with Crippen LogP contribution in [0.5, 0.6) is 0 Å². The molecule has 0 fully saturated rings. The predicted molar refractivity (Wildman–Crippen MR) is 46.1 cm³/mol. The van der Waals surface area contributed by atoms with Gasteiger partial charge in [0.25, 0.3) is 0 Å². The highest BCUT2D eigenvalue weighted by molar-refractivity contribution is 6.76. The molecule has 0 heterocycles. The fraction of sp³-hybridized carbons (Fsp3) is 0.500. The summed E-state index contributed by atoms with van der Waals surface area (Å²) in [5.41, 5.74) is 6.76. The number of carbonyl (C=O) groups excluding carboxylic acids is 1. The molecule has 0 unspecified atom stereocenters. The Balaban J connectivity index is 4.12. The molecule has 0 aliphatic heterocycles. The molecule has 0 rings (SSSR count). The summed E-state index contributed by atoms with van der Waals surface area (Å²) < 4.78 is -1.61. The topological polar surface area (TPSA) is 67.5 Å². The third kappa shape index (κ3) is 5.12. The second-order valence-electron chi connectivity index (χ2n) is 1.67. The van der Waals surface area contributed by atoms with Gasteiger partial charge >= 0.3 is 6.03 Å². The van der Waals surface area contributed by atoms with Gasteiger partial charge in [-0.15, -0.1) is 0 Å². The van der Waals surface area contributed by atoms with E-state index in [9.17, 15) is 4.79 Å². The van der Waals surface area contributed by atoms with Crippen molar-refractivity contribution >= 4 is 46.5 Å². The highest BCUT2D eigenvalue weighted by atomic mass is 35.6. The molecule has 0 aliphatic rings. The molecule has 0 aromatic heterocycles. The van der Waals surface area contributed by atoms with E-state index in [1.54, 1.807) is 0 Å². The van der Waals surface area contributed by atoms with E-state index in [-0.39, 0.29) is 5.71 Å². The Hall–Kier alpha value is -0.190. The summed E-state index contributed by atoms with van der Waals surface area (Å²) in [6, 6.07) is -0.807. The number of halogens is 3. The molecule has 0 spiro atoms. The van der Waals surface area contributed by atoms with Gasteiger partial charge in [0.05, 0.1) is 5.71 Å². The monoisotopic (exact) mass is 217 g/mol. The van der Waals surface area contributed by atoms with Gasteiger partial charge in [0, 0.05) is 0 Å². The van der Waals surface area contributed by atoms with E-state index in [4.69, 9.17) is 40.5 Å². The van der Waals surface area contributed by atoms with Gasteiger partial charge in [-0.25, -0.2) is 10.2 Å². The molecule has 0 atom stereocenters. The van der Waals surface area contributed by atoms with E-state index in [2.05, 4.69) is 5.10 Å². The van der Waals surface area contributed by atoms with Gasteiger partial charge in [-0.1, -0.05) is 34.8 Å². The first-order valence-corrected chi connectivity index (χ1v) is 3.64. The minimum absolute atomic E-state index is 0.140. The maximum Gasteiger partial charge on any atom is 0.332 e. The van der Waals surface area contributed by atoms with Gasteiger partial charge in [-0.2, -0.15) is 5.10 Å². The number of urea groups is 1. The molecule has 0 radical (unpaired) electrons. The van der Waals surface area contributed by atoms with Crippen molar-refractivity contribution in [3.8, 4) is 0 Å². The number of hydrogen-bond acceptors (Lipinski definition) is 2. The lowest BCUT2D eigenvalue weighted by Gasteiger charge is -2.08. The van der Waals surface area contributed by atoms with E-state index in [0.717, 1.165) is 0 Å². The van der Waals surface area contributed by atoms with Crippen molar-refractivity contribution in [3.63, 3.8) is 0 Å². The lowest BCUT2D eigenvalue weighted by atomic mass is 10.5. The Morgan fingerprint density at radius 1 is 1.55 bits per heavy atom. The summed E-state index contributed by atoms with van der Waals surface area (Å²) in [6.07, 6.45) is 0. The quantitative estimate of drug-likeness (QED) is 0.390. The van der Waals surface area contributed by atoms with Crippen molar-refractivity contribution in [2.45, 2.75) is 10.7 Å². The van der Waals surface area contributed by atoms with Gasteiger partial charge < -0.3 is 5.73 Å². The average molecular weight is 218 g/mol. The first-order valence-electron chi connectivity index (χ1n) is 2.51. The van der Waals surface area contributed by atoms with Crippen LogP contribution in [0.1, 0.15) is 6.92 Å². The molecule has 11 heavy (non-hydrogen) atoms. The van der Waals surface area contributed by atoms with E-state index in [0.29, 0.717) is 0 Å². The molecule has 0 aliphatic carbocycles. The lowest BCUT2D eigenvalue weighted by Crippen LogP contribution is -2.28. The van der Waals surface area contributed by atoms with Crippen LogP contribution in [0.4, 0.5) is 4.79 Å². The largest absolute Gasteiger partial charge is 0.350 e. The molecule has 0 aromatic rings. The molecular formula is C4H6Cl3N3O. The van der Waals surface area contributed by atoms with Crippen molar-refractivity contribution < 1.29 is 4.79 Å². The molecule has 0 saturated carbocycles. The first-order chi connectivity index (χ1) is 4.84. The maximum atomic E-state index is 10.1. The molecule has 4 nitrogen and oxygen atoms in total. The number of rotatable bonds is 1. The summed E-state index contributed by atoms with van der Waals surface area (Å²) in [5.74, 6) is 0. The molecule has 0 saturated heterocycles. The summed E-state index contributed by atoms with van der Waals surface area (Å²) in [6.45, 7) is 1.45. The van der Waals surface area contributed by atoms with Crippen LogP contribution in [-0.2, 0) is 0 Å². The zero-order chi connectivity index (χ0) is 9.07. The highest BCUT2D eigenvalue weighted by Gasteiger charge is 2.23. The van der Waals surface area contributed by atoms with Gasteiger partial charge in [-0.05, 0) is 6.92 Å². The summed E-state index contributed by atoms with van der Waals surface area (Å²) in [5, 5.41) is 3.39. The molecule has 64 valence electrons. The first kappa shape index (κ1) is 10.8. The zero-order valence-electron chi connectivity index (χ0n) is 5.57. The molecule has 2 amide bonds. The minimum Gasteiger partial charge on any atom is -0.350 e. The van der Waals surface area contributed by atoms with Crippen molar-refractivity contribution in [3.05, 3.63) is 0 Å². The van der Waals surface area contributed by atoms with E-state index in [1.165, 1.54) is 6.92 Å². The summed E-state index contributed by atoms with van der Waals surface area (Å²) in [7, 11) is 0. The second-order valence-corrected chi connectivity index (χ2v) is 3.95.